The molecule has 0 saturated carbocycles. The molecule has 0 aromatic heterocycles. The van der Waals surface area contributed by atoms with Gasteiger partial charge in [-0.25, -0.2) is 4.79 Å². The molecular weight excluding hydrogens is 334 g/mol. The molecule has 114 valence electrons. The highest BCUT2D eigenvalue weighted by Gasteiger charge is 2.32. The molecule has 1 aliphatic rings. The minimum Gasteiger partial charge on any atom is -0.467 e. The van der Waals surface area contributed by atoms with Crippen molar-refractivity contribution in [3.8, 4) is 0 Å². The van der Waals surface area contributed by atoms with Crippen molar-refractivity contribution in [1.29, 1.82) is 0 Å². The van der Waals surface area contributed by atoms with Gasteiger partial charge in [-0.15, -0.1) is 0 Å². The Morgan fingerprint density at radius 3 is 2.90 bits per heavy atom. The summed E-state index contributed by atoms with van der Waals surface area (Å²) in [6.45, 7) is 0.650. The maximum atomic E-state index is 12.4. The van der Waals surface area contributed by atoms with E-state index >= 15 is 0 Å². The van der Waals surface area contributed by atoms with Gasteiger partial charge in [0.1, 0.15) is 6.04 Å². The lowest BCUT2D eigenvalue weighted by atomic mass is 10.0. The molecule has 0 spiro atoms. The van der Waals surface area contributed by atoms with Crippen LogP contribution >= 0.6 is 15.9 Å². The summed E-state index contributed by atoms with van der Waals surface area (Å²) in [6.07, 6.45) is 3.73. The van der Waals surface area contributed by atoms with Gasteiger partial charge in [0, 0.05) is 17.4 Å². The van der Waals surface area contributed by atoms with Gasteiger partial charge in [-0.2, -0.15) is 0 Å². The third-order valence-electron chi connectivity index (χ3n) is 3.81. The zero-order valence-electron chi connectivity index (χ0n) is 12.2. The fourth-order valence-corrected chi connectivity index (χ4v) is 3.15. The van der Waals surface area contributed by atoms with Crippen LogP contribution in [0.3, 0.4) is 0 Å². The number of halogens is 1. The van der Waals surface area contributed by atoms with Crippen molar-refractivity contribution in [2.24, 2.45) is 0 Å². The van der Waals surface area contributed by atoms with Gasteiger partial charge in [0.05, 0.1) is 7.11 Å². The average Bonchev–Trinajstić information content (AvgIpc) is 2.52. The number of amides is 1. The predicted molar refractivity (Wildman–Crippen MR) is 83.8 cm³/mol. The average molecular weight is 354 g/mol. The number of carbonyl (C=O) groups is 2. The highest BCUT2D eigenvalue weighted by molar-refractivity contribution is 9.10. The minimum atomic E-state index is -0.404. The first-order chi connectivity index (χ1) is 10.1. The Bertz CT molecular complexity index is 518. The van der Waals surface area contributed by atoms with Crippen molar-refractivity contribution in [3.63, 3.8) is 0 Å². The first kappa shape index (κ1) is 16.0. The molecule has 1 saturated heterocycles. The number of benzene rings is 1. The van der Waals surface area contributed by atoms with Crippen molar-refractivity contribution in [2.75, 3.05) is 13.7 Å². The summed E-state index contributed by atoms with van der Waals surface area (Å²) < 4.78 is 5.82. The van der Waals surface area contributed by atoms with E-state index in [0.29, 0.717) is 25.8 Å². The molecule has 1 heterocycles. The standard InChI is InChI=1S/C16H20BrNO3/c1-21-16(20)14-7-2-3-10-18(14)15(19)9-8-12-5-4-6-13(17)11-12/h4-6,11,14H,2-3,7-10H2,1H3/t14-/m1/s1. The van der Waals surface area contributed by atoms with E-state index in [9.17, 15) is 9.59 Å². The van der Waals surface area contributed by atoms with Crippen LogP contribution in [-0.4, -0.2) is 36.5 Å². The Labute approximate surface area is 133 Å². The molecule has 1 fully saturated rings. The highest BCUT2D eigenvalue weighted by atomic mass is 79.9. The molecule has 21 heavy (non-hydrogen) atoms. The maximum Gasteiger partial charge on any atom is 0.328 e. The highest BCUT2D eigenvalue weighted by Crippen LogP contribution is 2.20. The Morgan fingerprint density at radius 2 is 2.19 bits per heavy atom. The van der Waals surface area contributed by atoms with Gasteiger partial charge in [0.15, 0.2) is 0 Å². The van der Waals surface area contributed by atoms with Gasteiger partial charge in [-0.3, -0.25) is 4.79 Å². The van der Waals surface area contributed by atoms with E-state index in [2.05, 4.69) is 15.9 Å². The van der Waals surface area contributed by atoms with Gasteiger partial charge in [-0.05, 0) is 43.4 Å². The molecule has 1 aromatic rings. The molecule has 2 rings (SSSR count). The van der Waals surface area contributed by atoms with Gasteiger partial charge >= 0.3 is 5.97 Å². The van der Waals surface area contributed by atoms with Crippen LogP contribution in [0.1, 0.15) is 31.2 Å². The van der Waals surface area contributed by atoms with Gasteiger partial charge in [0.25, 0.3) is 0 Å². The first-order valence-electron chi connectivity index (χ1n) is 7.23. The molecule has 0 N–H and O–H groups in total. The van der Waals surface area contributed by atoms with Crippen LogP contribution in [0.4, 0.5) is 0 Å². The van der Waals surface area contributed by atoms with Gasteiger partial charge in [-0.1, -0.05) is 28.1 Å². The molecule has 0 bridgehead atoms. The number of methoxy groups -OCH3 is 1. The van der Waals surface area contributed by atoms with E-state index in [4.69, 9.17) is 4.74 Å². The SMILES string of the molecule is COC(=O)[C@H]1CCCCN1C(=O)CCc1cccc(Br)c1. The third-order valence-corrected chi connectivity index (χ3v) is 4.31. The topological polar surface area (TPSA) is 46.6 Å². The Kier molecular flexibility index (Phi) is 5.79. The molecule has 0 aliphatic carbocycles. The van der Waals surface area contributed by atoms with E-state index in [0.717, 1.165) is 22.9 Å². The van der Waals surface area contributed by atoms with Crippen LogP contribution in [-0.2, 0) is 20.7 Å². The molecule has 5 heteroatoms. The molecule has 1 amide bonds. The minimum absolute atomic E-state index is 0.0325. The number of hydrogen-bond acceptors (Lipinski definition) is 3. The third kappa shape index (κ3) is 4.30. The van der Waals surface area contributed by atoms with Crippen molar-refractivity contribution in [2.45, 2.75) is 38.1 Å². The lowest BCUT2D eigenvalue weighted by Crippen LogP contribution is -2.48. The van der Waals surface area contributed by atoms with E-state index in [1.165, 1.54) is 7.11 Å². The van der Waals surface area contributed by atoms with Gasteiger partial charge in [0.2, 0.25) is 5.91 Å². The number of hydrogen-bond donors (Lipinski definition) is 0. The number of esters is 1. The molecule has 0 radical (unpaired) electrons. The van der Waals surface area contributed by atoms with Crippen molar-refractivity contribution in [1.82, 2.24) is 4.90 Å². The second-order valence-corrected chi connectivity index (χ2v) is 6.17. The Morgan fingerprint density at radius 1 is 1.38 bits per heavy atom. The summed E-state index contributed by atoms with van der Waals surface area (Å²) in [7, 11) is 1.38. The number of carbonyl (C=O) groups excluding carboxylic acids is 2. The lowest BCUT2D eigenvalue weighted by molar-refractivity contribution is -0.154. The Balaban J connectivity index is 1.96. The largest absolute Gasteiger partial charge is 0.467 e. The summed E-state index contributed by atoms with van der Waals surface area (Å²) >= 11 is 3.43. The predicted octanol–water partition coefficient (Wildman–Crippen LogP) is 2.94. The van der Waals surface area contributed by atoms with Crippen LogP contribution < -0.4 is 0 Å². The molecule has 1 aliphatic heterocycles. The quantitative estimate of drug-likeness (QED) is 0.781. The van der Waals surface area contributed by atoms with Crippen LogP contribution in [0.2, 0.25) is 0 Å². The zero-order valence-corrected chi connectivity index (χ0v) is 13.8. The number of aryl methyl sites for hydroxylation is 1. The fraction of sp³-hybridized carbons (Fsp3) is 0.500. The normalized spacial score (nSPS) is 18.4. The molecular formula is C16H20BrNO3. The van der Waals surface area contributed by atoms with E-state index in [1.54, 1.807) is 4.90 Å². The number of likely N-dealkylation sites (tertiary alicyclic amines) is 1. The van der Waals surface area contributed by atoms with Crippen LogP contribution in [0.25, 0.3) is 0 Å². The zero-order chi connectivity index (χ0) is 15.2. The molecule has 1 atom stereocenters. The lowest BCUT2D eigenvalue weighted by Gasteiger charge is -2.33. The number of ether oxygens (including phenoxy) is 1. The van der Waals surface area contributed by atoms with Crippen molar-refractivity contribution >= 4 is 27.8 Å². The summed E-state index contributed by atoms with van der Waals surface area (Å²) in [4.78, 5) is 25.9. The summed E-state index contributed by atoms with van der Waals surface area (Å²) in [6, 6.07) is 7.54. The number of rotatable bonds is 4. The van der Waals surface area contributed by atoms with E-state index in [-0.39, 0.29) is 11.9 Å². The maximum absolute atomic E-state index is 12.4. The second kappa shape index (κ2) is 7.59. The van der Waals surface area contributed by atoms with Crippen LogP contribution in [0.15, 0.2) is 28.7 Å². The first-order valence-corrected chi connectivity index (χ1v) is 8.03. The van der Waals surface area contributed by atoms with E-state index in [1.807, 2.05) is 24.3 Å². The summed E-state index contributed by atoms with van der Waals surface area (Å²) in [5, 5.41) is 0. The van der Waals surface area contributed by atoms with Crippen molar-refractivity contribution in [3.05, 3.63) is 34.3 Å². The smallest absolute Gasteiger partial charge is 0.328 e. The fourth-order valence-electron chi connectivity index (χ4n) is 2.70. The monoisotopic (exact) mass is 353 g/mol. The van der Waals surface area contributed by atoms with Crippen molar-refractivity contribution < 1.29 is 14.3 Å². The molecule has 1 aromatic carbocycles. The van der Waals surface area contributed by atoms with Gasteiger partial charge < -0.3 is 9.64 Å². The number of piperidine rings is 1. The second-order valence-electron chi connectivity index (χ2n) is 5.25. The van der Waals surface area contributed by atoms with Crippen LogP contribution in [0.5, 0.6) is 0 Å². The van der Waals surface area contributed by atoms with Crippen LogP contribution in [0, 0.1) is 0 Å². The van der Waals surface area contributed by atoms with E-state index < -0.39 is 6.04 Å². The molecule has 4 nitrogen and oxygen atoms in total. The molecule has 0 unspecified atom stereocenters. The number of nitrogens with zero attached hydrogens (tertiary/aromatic N) is 1. The summed E-state index contributed by atoms with van der Waals surface area (Å²) in [5.74, 6) is -0.268. The summed E-state index contributed by atoms with van der Waals surface area (Å²) in [5.41, 5.74) is 1.12. The Hall–Kier alpha value is -1.36.